The third-order valence-corrected chi connectivity index (χ3v) is 3.78. The summed E-state index contributed by atoms with van der Waals surface area (Å²) in [4.78, 5) is 11.2. The molecule has 5 nitrogen and oxygen atoms in total. The van der Waals surface area contributed by atoms with Gasteiger partial charge in [0.2, 0.25) is 5.76 Å². The number of esters is 1. The van der Waals surface area contributed by atoms with Crippen LogP contribution in [0.5, 0.6) is 0 Å². The molecule has 1 atom stereocenters. The van der Waals surface area contributed by atoms with Gasteiger partial charge in [-0.05, 0) is 12.1 Å². The largest absolute Gasteiger partial charge is 0.469 e. The van der Waals surface area contributed by atoms with Crippen LogP contribution in [0.3, 0.4) is 0 Å². The number of hydrogen-bond donors (Lipinski definition) is 0. The molecule has 2 rings (SSSR count). The zero-order valence-electron chi connectivity index (χ0n) is 10.8. The van der Waals surface area contributed by atoms with Gasteiger partial charge in [0.1, 0.15) is 0 Å². The summed E-state index contributed by atoms with van der Waals surface area (Å²) in [7, 11) is 1.40. The molecule has 102 valence electrons. The molecule has 2 heterocycles. The number of nitrogens with zero attached hydrogens (tertiary/aromatic N) is 1. The number of hydrogen-bond acceptors (Lipinski definition) is 6. The van der Waals surface area contributed by atoms with E-state index in [2.05, 4.69) is 9.89 Å². The molecule has 0 aromatic carbocycles. The topological polar surface area (TPSA) is 65.5 Å². The molecule has 0 aliphatic rings. The molecule has 19 heavy (non-hydrogen) atoms. The van der Waals surface area contributed by atoms with E-state index in [0.717, 1.165) is 5.69 Å². The fraction of sp³-hybridized carbons (Fsp3) is 0.385. The van der Waals surface area contributed by atoms with Crippen molar-refractivity contribution in [3.05, 3.63) is 30.2 Å². The summed E-state index contributed by atoms with van der Waals surface area (Å²) in [5, 5.41) is 3.96. The van der Waals surface area contributed by atoms with Gasteiger partial charge in [-0.2, -0.15) is 11.8 Å². The molecule has 0 spiro atoms. The monoisotopic (exact) mass is 281 g/mol. The number of methoxy groups -OCH3 is 1. The van der Waals surface area contributed by atoms with E-state index in [1.807, 2.05) is 19.1 Å². The van der Waals surface area contributed by atoms with Crippen molar-refractivity contribution < 1.29 is 18.5 Å². The van der Waals surface area contributed by atoms with Gasteiger partial charge in [-0.15, -0.1) is 0 Å². The summed E-state index contributed by atoms with van der Waals surface area (Å²) in [5.41, 5.74) is 0.827. The van der Waals surface area contributed by atoms with Crippen molar-refractivity contribution in [2.75, 3.05) is 12.9 Å². The van der Waals surface area contributed by atoms with Gasteiger partial charge in [-0.1, -0.05) is 12.1 Å². The first-order valence-electron chi connectivity index (χ1n) is 5.85. The number of aromatic nitrogens is 1. The summed E-state index contributed by atoms with van der Waals surface area (Å²) in [6.45, 7) is 1.84. The van der Waals surface area contributed by atoms with Crippen LogP contribution >= 0.6 is 11.8 Å². The summed E-state index contributed by atoms with van der Waals surface area (Å²) < 4.78 is 15.1. The van der Waals surface area contributed by atoms with Gasteiger partial charge in [-0.3, -0.25) is 4.79 Å². The molecule has 0 aliphatic carbocycles. The van der Waals surface area contributed by atoms with Gasteiger partial charge in [0, 0.05) is 17.6 Å². The smallest absolute Gasteiger partial charge is 0.309 e. The lowest BCUT2D eigenvalue weighted by Crippen LogP contribution is -2.14. The van der Waals surface area contributed by atoms with E-state index < -0.39 is 0 Å². The van der Waals surface area contributed by atoms with Crippen LogP contribution in [-0.2, 0) is 15.3 Å². The van der Waals surface area contributed by atoms with Gasteiger partial charge in [0.15, 0.2) is 5.76 Å². The highest BCUT2D eigenvalue weighted by Crippen LogP contribution is 2.23. The summed E-state index contributed by atoms with van der Waals surface area (Å²) >= 11 is 1.61. The van der Waals surface area contributed by atoms with Crippen LogP contribution in [0.2, 0.25) is 0 Å². The molecule has 0 fully saturated rings. The maximum Gasteiger partial charge on any atom is 0.309 e. The van der Waals surface area contributed by atoms with Gasteiger partial charge in [-0.25, -0.2) is 0 Å². The van der Waals surface area contributed by atoms with Crippen molar-refractivity contribution in [3.63, 3.8) is 0 Å². The Morgan fingerprint density at radius 2 is 2.37 bits per heavy atom. The molecule has 2 aromatic rings. The lowest BCUT2D eigenvalue weighted by molar-refractivity contribution is -0.143. The number of furan rings is 1. The molecule has 0 aliphatic heterocycles. The Kier molecular flexibility index (Phi) is 4.68. The minimum absolute atomic E-state index is 0.119. The second kappa shape index (κ2) is 6.47. The Bertz CT molecular complexity index is 520. The lowest BCUT2D eigenvalue weighted by atomic mass is 10.2. The van der Waals surface area contributed by atoms with Crippen molar-refractivity contribution in [1.29, 1.82) is 0 Å². The van der Waals surface area contributed by atoms with Crippen molar-refractivity contribution in [2.24, 2.45) is 5.92 Å². The average molecular weight is 281 g/mol. The molecular formula is C13H15NO4S. The van der Waals surface area contributed by atoms with Crippen LogP contribution < -0.4 is 0 Å². The molecule has 0 N–H and O–H groups in total. The predicted octanol–water partition coefficient (Wildman–Crippen LogP) is 2.98. The van der Waals surface area contributed by atoms with Crippen LogP contribution in [-0.4, -0.2) is 24.0 Å². The minimum Gasteiger partial charge on any atom is -0.469 e. The molecule has 6 heteroatoms. The SMILES string of the molecule is COC(=O)C(C)CSCc1cc(-c2ccco2)on1. The fourth-order valence-electron chi connectivity index (χ4n) is 1.52. The fourth-order valence-corrected chi connectivity index (χ4v) is 2.48. The molecular weight excluding hydrogens is 266 g/mol. The van der Waals surface area contributed by atoms with E-state index in [1.54, 1.807) is 24.1 Å². The summed E-state index contributed by atoms with van der Waals surface area (Å²) in [5.74, 6) is 2.34. The normalized spacial score (nSPS) is 12.3. The zero-order valence-corrected chi connectivity index (χ0v) is 11.6. The summed E-state index contributed by atoms with van der Waals surface area (Å²) in [6, 6.07) is 5.45. The molecule has 1 unspecified atom stereocenters. The van der Waals surface area contributed by atoms with Gasteiger partial charge < -0.3 is 13.7 Å². The second-order valence-electron chi connectivity index (χ2n) is 4.10. The van der Waals surface area contributed by atoms with Gasteiger partial charge >= 0.3 is 5.97 Å². The highest BCUT2D eigenvalue weighted by atomic mass is 32.2. The van der Waals surface area contributed by atoms with Crippen molar-refractivity contribution in [2.45, 2.75) is 12.7 Å². The minimum atomic E-state index is -0.191. The Morgan fingerprint density at radius 3 is 3.05 bits per heavy atom. The standard InChI is InChI=1S/C13H15NO4S/c1-9(13(15)16-2)7-19-8-10-6-12(18-14-10)11-4-3-5-17-11/h3-6,9H,7-8H2,1-2H3. The number of thioether (sulfide) groups is 1. The third-order valence-electron chi connectivity index (χ3n) is 2.54. The van der Waals surface area contributed by atoms with Crippen LogP contribution in [0.25, 0.3) is 11.5 Å². The molecule has 0 bridgehead atoms. The van der Waals surface area contributed by atoms with E-state index in [0.29, 0.717) is 23.0 Å². The zero-order chi connectivity index (χ0) is 13.7. The molecule has 2 aromatic heterocycles. The number of carbonyl (C=O) groups is 1. The van der Waals surface area contributed by atoms with E-state index in [9.17, 15) is 4.79 Å². The average Bonchev–Trinajstić information content (AvgIpc) is 3.07. The van der Waals surface area contributed by atoms with Crippen LogP contribution in [0.4, 0.5) is 0 Å². The first-order valence-corrected chi connectivity index (χ1v) is 7.01. The van der Waals surface area contributed by atoms with Gasteiger partial charge in [0.25, 0.3) is 0 Å². The Labute approximate surface area is 115 Å². The molecule has 0 saturated carbocycles. The maximum atomic E-state index is 11.2. The second-order valence-corrected chi connectivity index (χ2v) is 5.13. The Morgan fingerprint density at radius 1 is 1.53 bits per heavy atom. The Balaban J connectivity index is 1.83. The predicted molar refractivity (Wildman–Crippen MR) is 71.5 cm³/mol. The summed E-state index contributed by atoms with van der Waals surface area (Å²) in [6.07, 6.45) is 1.59. The van der Waals surface area contributed by atoms with E-state index in [4.69, 9.17) is 8.94 Å². The van der Waals surface area contributed by atoms with Crippen LogP contribution in [0, 0.1) is 5.92 Å². The first-order chi connectivity index (χ1) is 9.20. The van der Waals surface area contributed by atoms with Crippen LogP contribution in [0.1, 0.15) is 12.6 Å². The van der Waals surface area contributed by atoms with E-state index >= 15 is 0 Å². The lowest BCUT2D eigenvalue weighted by Gasteiger charge is -2.06. The van der Waals surface area contributed by atoms with E-state index in [-0.39, 0.29) is 11.9 Å². The number of carbonyl (C=O) groups excluding carboxylic acids is 1. The quantitative estimate of drug-likeness (QED) is 0.758. The third kappa shape index (κ3) is 3.64. The van der Waals surface area contributed by atoms with Crippen LogP contribution in [0.15, 0.2) is 33.4 Å². The molecule has 0 radical (unpaired) electrons. The number of ether oxygens (including phenoxy) is 1. The van der Waals surface area contributed by atoms with Crippen molar-refractivity contribution in [1.82, 2.24) is 5.16 Å². The molecule has 0 saturated heterocycles. The highest BCUT2D eigenvalue weighted by Gasteiger charge is 2.14. The van der Waals surface area contributed by atoms with E-state index in [1.165, 1.54) is 7.11 Å². The highest BCUT2D eigenvalue weighted by molar-refractivity contribution is 7.98. The first kappa shape index (κ1) is 13.7. The van der Waals surface area contributed by atoms with Crippen molar-refractivity contribution >= 4 is 17.7 Å². The number of rotatable bonds is 6. The Hall–Kier alpha value is -1.69. The van der Waals surface area contributed by atoms with Crippen molar-refractivity contribution in [3.8, 4) is 11.5 Å². The molecule has 0 amide bonds. The maximum absolute atomic E-state index is 11.2. The van der Waals surface area contributed by atoms with Gasteiger partial charge in [0.05, 0.1) is 25.0 Å².